The van der Waals surface area contributed by atoms with Crippen molar-refractivity contribution in [3.8, 4) is 5.75 Å². The zero-order chi connectivity index (χ0) is 17.1. The van der Waals surface area contributed by atoms with Crippen LogP contribution in [0.15, 0.2) is 23.6 Å². The maximum atomic E-state index is 10.9. The molecule has 0 bridgehead atoms. The number of benzene rings is 1. The van der Waals surface area contributed by atoms with Crippen LogP contribution < -0.4 is 4.74 Å². The largest absolute Gasteiger partial charge is 0.489 e. The highest BCUT2D eigenvalue weighted by Gasteiger charge is 2.22. The highest BCUT2D eigenvalue weighted by molar-refractivity contribution is 7.09. The van der Waals surface area contributed by atoms with E-state index in [0.717, 1.165) is 30.9 Å². The SMILES string of the molecule is O=C(O)c1csc(CN2CCCC(Oc3ccc(Cl)c(Cl)c3)C2)n1. The zero-order valence-electron chi connectivity index (χ0n) is 12.7. The van der Waals surface area contributed by atoms with Crippen LogP contribution in [0.5, 0.6) is 5.75 Å². The Labute approximate surface area is 153 Å². The van der Waals surface area contributed by atoms with Gasteiger partial charge in [-0.15, -0.1) is 11.3 Å². The minimum absolute atomic E-state index is 0.0647. The van der Waals surface area contributed by atoms with Gasteiger partial charge in [0.25, 0.3) is 0 Å². The van der Waals surface area contributed by atoms with Gasteiger partial charge in [-0.05, 0) is 31.5 Å². The Morgan fingerprint density at radius 2 is 2.25 bits per heavy atom. The molecule has 0 aliphatic carbocycles. The number of ether oxygens (including phenoxy) is 1. The van der Waals surface area contributed by atoms with Gasteiger partial charge in [0.15, 0.2) is 5.69 Å². The molecular formula is C16H16Cl2N2O3S. The lowest BCUT2D eigenvalue weighted by molar-refractivity contribution is 0.0689. The molecule has 0 saturated carbocycles. The Morgan fingerprint density at radius 3 is 2.96 bits per heavy atom. The van der Waals surface area contributed by atoms with Crippen molar-refractivity contribution in [2.45, 2.75) is 25.5 Å². The lowest BCUT2D eigenvalue weighted by atomic mass is 10.1. The van der Waals surface area contributed by atoms with Gasteiger partial charge in [-0.3, -0.25) is 4.90 Å². The van der Waals surface area contributed by atoms with Gasteiger partial charge in [-0.25, -0.2) is 9.78 Å². The van der Waals surface area contributed by atoms with Crippen LogP contribution in [0.3, 0.4) is 0 Å². The van der Waals surface area contributed by atoms with Crippen molar-refractivity contribution in [3.63, 3.8) is 0 Å². The number of nitrogens with zero attached hydrogens (tertiary/aromatic N) is 2. The predicted octanol–water partition coefficient (Wildman–Crippen LogP) is 4.19. The van der Waals surface area contributed by atoms with Crippen LogP contribution in [0.1, 0.15) is 28.3 Å². The van der Waals surface area contributed by atoms with Crippen molar-refractivity contribution in [2.75, 3.05) is 13.1 Å². The van der Waals surface area contributed by atoms with Gasteiger partial charge in [0, 0.05) is 18.0 Å². The minimum Gasteiger partial charge on any atom is -0.489 e. The number of carboxylic acids is 1. The molecule has 0 spiro atoms. The molecule has 3 rings (SSSR count). The molecule has 0 radical (unpaired) electrons. The lowest BCUT2D eigenvalue weighted by Crippen LogP contribution is -2.40. The number of piperidine rings is 1. The van der Waals surface area contributed by atoms with Gasteiger partial charge in [0.2, 0.25) is 0 Å². The molecule has 5 nitrogen and oxygen atoms in total. The molecule has 24 heavy (non-hydrogen) atoms. The minimum atomic E-state index is -0.989. The molecule has 1 atom stereocenters. The van der Waals surface area contributed by atoms with Crippen LogP contribution in [0.2, 0.25) is 10.0 Å². The molecule has 1 aliphatic heterocycles. The fourth-order valence-electron chi connectivity index (χ4n) is 2.67. The number of thiazole rings is 1. The van der Waals surface area contributed by atoms with Crippen LogP contribution in [0, 0.1) is 0 Å². The number of halogens is 2. The van der Waals surface area contributed by atoms with Crippen molar-refractivity contribution in [3.05, 3.63) is 44.3 Å². The average Bonchev–Trinajstić information content (AvgIpc) is 3.00. The van der Waals surface area contributed by atoms with Gasteiger partial charge in [-0.2, -0.15) is 0 Å². The number of hydrogen-bond donors (Lipinski definition) is 1. The van der Waals surface area contributed by atoms with E-state index >= 15 is 0 Å². The average molecular weight is 387 g/mol. The quantitative estimate of drug-likeness (QED) is 0.834. The first kappa shape index (κ1) is 17.5. The molecule has 1 aliphatic rings. The molecule has 1 unspecified atom stereocenters. The molecule has 0 amide bonds. The summed E-state index contributed by atoms with van der Waals surface area (Å²) in [5, 5.41) is 12.3. The maximum Gasteiger partial charge on any atom is 0.355 e. The lowest BCUT2D eigenvalue weighted by Gasteiger charge is -2.32. The molecule has 1 aromatic heterocycles. The van der Waals surface area contributed by atoms with Gasteiger partial charge in [0.05, 0.1) is 16.6 Å². The summed E-state index contributed by atoms with van der Waals surface area (Å²) >= 11 is 13.3. The first-order chi connectivity index (χ1) is 11.5. The van der Waals surface area contributed by atoms with Crippen molar-refractivity contribution in [1.82, 2.24) is 9.88 Å². The van der Waals surface area contributed by atoms with Crippen LogP contribution >= 0.6 is 34.5 Å². The second-order valence-corrected chi connectivity index (χ2v) is 7.38. The summed E-state index contributed by atoms with van der Waals surface area (Å²) in [5.41, 5.74) is 0.107. The molecule has 1 aromatic carbocycles. The van der Waals surface area contributed by atoms with Crippen LogP contribution in [0.4, 0.5) is 0 Å². The van der Waals surface area contributed by atoms with Crippen molar-refractivity contribution in [1.29, 1.82) is 0 Å². The maximum absolute atomic E-state index is 10.9. The Morgan fingerprint density at radius 1 is 1.42 bits per heavy atom. The molecule has 1 fully saturated rings. The van der Waals surface area contributed by atoms with E-state index in [2.05, 4.69) is 9.88 Å². The Hall–Kier alpha value is -1.34. The summed E-state index contributed by atoms with van der Waals surface area (Å²) < 4.78 is 6.01. The third kappa shape index (κ3) is 4.39. The Balaban J connectivity index is 1.59. The van der Waals surface area contributed by atoms with E-state index in [-0.39, 0.29) is 11.8 Å². The molecule has 128 valence electrons. The number of likely N-dealkylation sites (tertiary alicyclic amines) is 1. The normalized spacial score (nSPS) is 18.5. The van der Waals surface area contributed by atoms with E-state index in [1.807, 2.05) is 6.07 Å². The highest BCUT2D eigenvalue weighted by Crippen LogP contribution is 2.28. The summed E-state index contributed by atoms with van der Waals surface area (Å²) in [4.78, 5) is 17.3. The van der Waals surface area contributed by atoms with E-state index in [0.29, 0.717) is 22.3 Å². The monoisotopic (exact) mass is 386 g/mol. The summed E-state index contributed by atoms with van der Waals surface area (Å²) in [6.45, 7) is 2.35. The van der Waals surface area contributed by atoms with Crippen molar-refractivity contribution in [2.24, 2.45) is 0 Å². The summed E-state index contributed by atoms with van der Waals surface area (Å²) in [6, 6.07) is 5.26. The Kier molecular flexibility index (Phi) is 5.61. The fourth-order valence-corrected chi connectivity index (χ4v) is 3.77. The highest BCUT2D eigenvalue weighted by atomic mass is 35.5. The van der Waals surface area contributed by atoms with E-state index in [1.165, 1.54) is 11.3 Å². The van der Waals surface area contributed by atoms with Crippen molar-refractivity contribution < 1.29 is 14.6 Å². The molecule has 2 heterocycles. The fraction of sp³-hybridized carbons (Fsp3) is 0.375. The number of aromatic nitrogens is 1. The molecule has 2 aromatic rings. The van der Waals surface area contributed by atoms with Gasteiger partial charge in [-0.1, -0.05) is 23.2 Å². The number of rotatable bonds is 5. The second-order valence-electron chi connectivity index (χ2n) is 5.62. The predicted molar refractivity (Wildman–Crippen MR) is 94.5 cm³/mol. The van der Waals surface area contributed by atoms with Gasteiger partial charge < -0.3 is 9.84 Å². The molecular weight excluding hydrogens is 371 g/mol. The first-order valence-corrected chi connectivity index (χ1v) is 9.16. The third-order valence-electron chi connectivity index (χ3n) is 3.79. The summed E-state index contributed by atoms with van der Waals surface area (Å²) in [5.74, 6) is -0.282. The van der Waals surface area contributed by atoms with Crippen LogP contribution in [0.25, 0.3) is 0 Å². The second kappa shape index (κ2) is 7.70. The van der Waals surface area contributed by atoms with E-state index in [9.17, 15) is 4.79 Å². The van der Waals surface area contributed by atoms with Crippen molar-refractivity contribution >= 4 is 40.5 Å². The Bertz CT molecular complexity index is 738. The standard InChI is InChI=1S/C16H16Cl2N2O3S/c17-12-4-3-10(6-13(12)18)23-11-2-1-5-20(7-11)8-15-19-14(9-24-15)16(21)22/h3-4,6,9,11H,1-2,5,7-8H2,(H,21,22). The number of carboxylic acid groups (broad SMARTS) is 1. The third-order valence-corrected chi connectivity index (χ3v) is 5.36. The number of aromatic carboxylic acids is 1. The smallest absolute Gasteiger partial charge is 0.355 e. The van der Waals surface area contributed by atoms with Gasteiger partial charge >= 0.3 is 5.97 Å². The van der Waals surface area contributed by atoms with Crippen LogP contribution in [-0.2, 0) is 6.54 Å². The van der Waals surface area contributed by atoms with Gasteiger partial charge in [0.1, 0.15) is 16.9 Å². The van der Waals surface area contributed by atoms with E-state index in [4.69, 9.17) is 33.0 Å². The summed E-state index contributed by atoms with van der Waals surface area (Å²) in [6.07, 6.45) is 2.05. The molecule has 1 N–H and O–H groups in total. The van der Waals surface area contributed by atoms with E-state index in [1.54, 1.807) is 17.5 Å². The van der Waals surface area contributed by atoms with E-state index < -0.39 is 5.97 Å². The first-order valence-electron chi connectivity index (χ1n) is 7.53. The zero-order valence-corrected chi connectivity index (χ0v) is 15.1. The summed E-state index contributed by atoms with van der Waals surface area (Å²) in [7, 11) is 0. The number of hydrogen-bond acceptors (Lipinski definition) is 5. The molecule has 8 heteroatoms. The number of carbonyl (C=O) groups is 1. The molecule has 1 saturated heterocycles. The van der Waals surface area contributed by atoms with Crippen LogP contribution in [-0.4, -0.2) is 40.2 Å². The topological polar surface area (TPSA) is 62.7 Å².